The Balaban J connectivity index is 2.67. The van der Waals surface area contributed by atoms with Crippen LogP contribution in [-0.2, 0) is 9.59 Å². The Morgan fingerprint density at radius 1 is 1.33 bits per heavy atom. The van der Waals surface area contributed by atoms with Gasteiger partial charge in [0, 0.05) is 6.42 Å². The van der Waals surface area contributed by atoms with Crippen LogP contribution in [0.15, 0.2) is 10.7 Å². The van der Waals surface area contributed by atoms with Crippen LogP contribution >= 0.6 is 0 Å². The number of hydrogen-bond acceptors (Lipinski definition) is 6. The molecule has 0 spiro atoms. The molecule has 9 nitrogen and oxygen atoms in total. The minimum atomic E-state index is -1.32. The van der Waals surface area contributed by atoms with E-state index in [1.807, 2.05) is 0 Å². The van der Waals surface area contributed by atoms with Gasteiger partial charge in [0.1, 0.15) is 12.3 Å². The topological polar surface area (TPSA) is 150 Å². The summed E-state index contributed by atoms with van der Waals surface area (Å²) in [7, 11) is 0. The average Bonchev–Trinajstić information content (AvgIpc) is 2.71. The molecule has 1 rings (SSSR count). The van der Waals surface area contributed by atoms with Gasteiger partial charge in [-0.2, -0.15) is 4.98 Å². The van der Waals surface area contributed by atoms with E-state index in [-0.39, 0.29) is 24.6 Å². The maximum Gasteiger partial charge on any atom is 0.357 e. The number of nitrogens with one attached hydrogen (secondary N) is 1. The van der Waals surface area contributed by atoms with E-state index in [0.717, 1.165) is 6.26 Å². The third kappa shape index (κ3) is 3.77. The second-order valence-electron chi connectivity index (χ2n) is 3.31. The van der Waals surface area contributed by atoms with Crippen molar-refractivity contribution < 1.29 is 34.1 Å². The van der Waals surface area contributed by atoms with Crippen LogP contribution in [-0.4, -0.2) is 44.3 Å². The minimum Gasteiger partial charge on any atom is -0.481 e. The quantitative estimate of drug-likeness (QED) is 0.533. The molecule has 0 radical (unpaired) electrons. The molecule has 0 aliphatic carbocycles. The van der Waals surface area contributed by atoms with Crippen LogP contribution in [0.3, 0.4) is 0 Å². The van der Waals surface area contributed by atoms with Crippen LogP contribution in [0.1, 0.15) is 23.3 Å². The molecule has 1 aromatic rings. The molecule has 1 heterocycles. The van der Waals surface area contributed by atoms with Gasteiger partial charge in [0.2, 0.25) is 0 Å². The molecule has 0 bridgehead atoms. The summed E-state index contributed by atoms with van der Waals surface area (Å²) in [6.45, 7) is 0. The van der Waals surface area contributed by atoms with Gasteiger partial charge in [-0.05, 0) is 6.42 Å². The van der Waals surface area contributed by atoms with Gasteiger partial charge >= 0.3 is 17.9 Å². The number of aliphatic carboxylic acids is 2. The smallest absolute Gasteiger partial charge is 0.357 e. The second-order valence-corrected chi connectivity index (χ2v) is 3.31. The fourth-order valence-electron chi connectivity index (χ4n) is 1.11. The number of nitrogens with zero attached hydrogens (tertiary/aromatic N) is 1. The van der Waals surface area contributed by atoms with Crippen molar-refractivity contribution in [3.8, 4) is 0 Å². The molecule has 0 saturated heterocycles. The highest BCUT2D eigenvalue weighted by molar-refractivity contribution is 5.85. The predicted octanol–water partition coefficient (Wildman–Crippen LogP) is 0.103. The summed E-state index contributed by atoms with van der Waals surface area (Å²) in [6.07, 6.45) is 0.312. The number of aromatic carboxylic acids is 1. The van der Waals surface area contributed by atoms with Gasteiger partial charge in [-0.15, -0.1) is 0 Å². The van der Waals surface area contributed by atoms with Crippen LogP contribution in [0.25, 0.3) is 0 Å². The van der Waals surface area contributed by atoms with Crippen LogP contribution in [0.2, 0.25) is 0 Å². The number of rotatable bonds is 7. The molecule has 18 heavy (non-hydrogen) atoms. The van der Waals surface area contributed by atoms with Crippen molar-refractivity contribution in [2.24, 2.45) is 0 Å². The first-order chi connectivity index (χ1) is 8.40. The SMILES string of the molecule is O=C(O)CCC(Nc1nc(C(=O)O)co1)C(=O)O. The van der Waals surface area contributed by atoms with Gasteiger partial charge in [0.05, 0.1) is 0 Å². The molecular formula is C9H10N2O7. The summed E-state index contributed by atoms with van der Waals surface area (Å²) >= 11 is 0. The van der Waals surface area contributed by atoms with Crippen molar-refractivity contribution in [2.45, 2.75) is 18.9 Å². The van der Waals surface area contributed by atoms with Crippen LogP contribution < -0.4 is 5.32 Å². The Labute approximate surface area is 100 Å². The van der Waals surface area contributed by atoms with E-state index >= 15 is 0 Å². The summed E-state index contributed by atoms with van der Waals surface area (Å²) in [4.78, 5) is 35.1. The maximum atomic E-state index is 10.8. The lowest BCUT2D eigenvalue weighted by Gasteiger charge is -2.10. The summed E-state index contributed by atoms with van der Waals surface area (Å²) in [6, 6.07) is -1.51. The Hall–Kier alpha value is -2.58. The number of carbonyl (C=O) groups is 3. The fraction of sp³-hybridized carbons (Fsp3) is 0.333. The lowest BCUT2D eigenvalue weighted by Crippen LogP contribution is -2.30. The zero-order chi connectivity index (χ0) is 13.7. The Bertz CT molecular complexity index is 467. The van der Waals surface area contributed by atoms with Gasteiger partial charge in [0.15, 0.2) is 5.69 Å². The van der Waals surface area contributed by atoms with E-state index in [1.165, 1.54) is 0 Å². The van der Waals surface area contributed by atoms with E-state index in [4.69, 9.17) is 19.7 Å². The number of aromatic nitrogens is 1. The number of carboxylic acids is 3. The predicted molar refractivity (Wildman–Crippen MR) is 55.4 cm³/mol. The normalized spacial score (nSPS) is 11.8. The molecule has 1 atom stereocenters. The second kappa shape index (κ2) is 5.66. The molecule has 1 aromatic heterocycles. The molecule has 0 fully saturated rings. The first-order valence-electron chi connectivity index (χ1n) is 4.80. The van der Waals surface area contributed by atoms with Crippen molar-refractivity contribution in [3.05, 3.63) is 12.0 Å². The molecule has 0 amide bonds. The molecule has 0 saturated carbocycles. The number of anilines is 1. The monoisotopic (exact) mass is 258 g/mol. The Morgan fingerprint density at radius 3 is 2.44 bits per heavy atom. The third-order valence-corrected chi connectivity index (χ3v) is 1.97. The summed E-state index contributed by atoms with van der Waals surface area (Å²) in [5, 5.41) is 28.2. The molecule has 1 unspecified atom stereocenters. The van der Waals surface area contributed by atoms with Gasteiger partial charge in [0.25, 0.3) is 6.01 Å². The highest BCUT2D eigenvalue weighted by Crippen LogP contribution is 2.11. The fourth-order valence-corrected chi connectivity index (χ4v) is 1.11. The van der Waals surface area contributed by atoms with Gasteiger partial charge < -0.3 is 25.1 Å². The van der Waals surface area contributed by atoms with Crippen molar-refractivity contribution >= 4 is 23.9 Å². The van der Waals surface area contributed by atoms with E-state index in [0.29, 0.717) is 0 Å². The lowest BCUT2D eigenvalue weighted by atomic mass is 10.1. The maximum absolute atomic E-state index is 10.8. The van der Waals surface area contributed by atoms with E-state index in [9.17, 15) is 14.4 Å². The zero-order valence-electron chi connectivity index (χ0n) is 8.99. The van der Waals surface area contributed by atoms with Crippen molar-refractivity contribution in [1.82, 2.24) is 4.98 Å². The van der Waals surface area contributed by atoms with Gasteiger partial charge in [-0.1, -0.05) is 0 Å². The lowest BCUT2D eigenvalue weighted by molar-refractivity contribution is -0.139. The third-order valence-electron chi connectivity index (χ3n) is 1.97. The number of oxazole rings is 1. The van der Waals surface area contributed by atoms with Gasteiger partial charge in [-0.3, -0.25) is 4.79 Å². The highest BCUT2D eigenvalue weighted by Gasteiger charge is 2.21. The number of carboxylic acid groups (broad SMARTS) is 3. The van der Waals surface area contributed by atoms with E-state index in [1.54, 1.807) is 0 Å². The van der Waals surface area contributed by atoms with Crippen LogP contribution in [0.4, 0.5) is 6.01 Å². The largest absolute Gasteiger partial charge is 0.481 e. The Kier molecular flexibility index (Phi) is 4.24. The van der Waals surface area contributed by atoms with Crippen molar-refractivity contribution in [3.63, 3.8) is 0 Å². The molecule has 9 heteroatoms. The Morgan fingerprint density at radius 2 is 2.00 bits per heavy atom. The van der Waals surface area contributed by atoms with Crippen molar-refractivity contribution in [2.75, 3.05) is 5.32 Å². The minimum absolute atomic E-state index is 0.185. The molecule has 4 N–H and O–H groups in total. The van der Waals surface area contributed by atoms with Crippen LogP contribution in [0.5, 0.6) is 0 Å². The summed E-state index contributed by atoms with van der Waals surface area (Å²) in [5.74, 6) is -3.74. The first kappa shape index (κ1) is 13.5. The van der Waals surface area contributed by atoms with E-state index in [2.05, 4.69) is 10.3 Å². The number of hydrogen-bond donors (Lipinski definition) is 4. The van der Waals surface area contributed by atoms with Gasteiger partial charge in [-0.25, -0.2) is 9.59 Å². The first-order valence-corrected chi connectivity index (χ1v) is 4.80. The van der Waals surface area contributed by atoms with E-state index < -0.39 is 23.9 Å². The molecular weight excluding hydrogens is 248 g/mol. The molecule has 0 aliphatic heterocycles. The average molecular weight is 258 g/mol. The van der Waals surface area contributed by atoms with Crippen molar-refractivity contribution in [1.29, 1.82) is 0 Å². The molecule has 0 aliphatic rings. The standard InChI is InChI=1S/C9H10N2O7/c12-6(13)2-1-4(7(14)15)10-9-11-5(3-18-9)8(16)17/h3-4H,1-2H2,(H,10,11)(H,12,13)(H,14,15)(H,16,17). The summed E-state index contributed by atoms with van der Waals surface area (Å²) in [5.41, 5.74) is -0.375. The zero-order valence-corrected chi connectivity index (χ0v) is 8.99. The molecule has 98 valence electrons. The molecule has 0 aromatic carbocycles. The van der Waals surface area contributed by atoms with Crippen LogP contribution in [0, 0.1) is 0 Å². The highest BCUT2D eigenvalue weighted by atomic mass is 16.4. The summed E-state index contributed by atoms with van der Waals surface area (Å²) < 4.78 is 4.70.